The molecule has 0 nitrogen and oxygen atoms in total. The molecule has 1 heteroatoms. The van der Waals surface area contributed by atoms with Gasteiger partial charge >= 0.3 is 0 Å². The maximum atomic E-state index is 2.40. The van der Waals surface area contributed by atoms with E-state index in [1.807, 2.05) is 0 Å². The fourth-order valence-corrected chi connectivity index (χ4v) is 14.2. The van der Waals surface area contributed by atoms with E-state index < -0.39 is 0 Å². The van der Waals surface area contributed by atoms with Crippen LogP contribution in [0.25, 0.3) is 44.5 Å². The van der Waals surface area contributed by atoms with Crippen molar-refractivity contribution in [2.75, 3.05) is 0 Å². The molecule has 0 unspecified atom stereocenters. The molecule has 0 N–H and O–H groups in total. The van der Waals surface area contributed by atoms with E-state index >= 15 is 0 Å². The van der Waals surface area contributed by atoms with Gasteiger partial charge in [0.25, 0.3) is 0 Å². The van der Waals surface area contributed by atoms with Gasteiger partial charge in [0.05, 0.1) is 0 Å². The van der Waals surface area contributed by atoms with Crippen LogP contribution in [-0.4, -0.2) is 0 Å². The number of thiophene rings is 1. The first-order valence-electron chi connectivity index (χ1n) is 33.8. The summed E-state index contributed by atoms with van der Waals surface area (Å²) >= 11 is 2.17. The van der Waals surface area contributed by atoms with Crippen molar-refractivity contribution in [1.29, 1.82) is 0 Å². The second-order valence-electron chi connectivity index (χ2n) is 24.7. The molecule has 0 atom stereocenters. The highest BCUT2D eigenvalue weighted by molar-refractivity contribution is 7.12. The predicted octanol–water partition coefficient (Wildman–Crippen LogP) is 24.0. The van der Waals surface area contributed by atoms with Crippen LogP contribution in [-0.2, 0) is 77.0 Å². The van der Waals surface area contributed by atoms with Gasteiger partial charge in [0.2, 0.25) is 0 Å². The van der Waals surface area contributed by atoms with Gasteiger partial charge in [-0.3, -0.25) is 0 Å². The van der Waals surface area contributed by atoms with Gasteiger partial charge in [-0.05, 0) is 229 Å². The van der Waals surface area contributed by atoms with Gasteiger partial charge < -0.3 is 0 Å². The summed E-state index contributed by atoms with van der Waals surface area (Å²) < 4.78 is 0. The molecule has 9 aromatic rings. The first-order chi connectivity index (χ1) is 41.9. The Balaban J connectivity index is 0.913. The molecular weight excluding hydrogens is 1040 g/mol. The third-order valence-corrected chi connectivity index (χ3v) is 19.4. The third kappa shape index (κ3) is 19.7. The first kappa shape index (κ1) is 63.0. The second-order valence-corrected chi connectivity index (χ2v) is 25.9. The Labute approximate surface area is 519 Å². The van der Waals surface area contributed by atoms with Crippen molar-refractivity contribution in [2.24, 2.45) is 0 Å². The summed E-state index contributed by atoms with van der Waals surface area (Å²) in [4.78, 5) is 3.30. The molecule has 0 radical (unpaired) electrons. The van der Waals surface area contributed by atoms with Crippen molar-refractivity contribution in [1.82, 2.24) is 0 Å². The lowest BCUT2D eigenvalue weighted by Gasteiger charge is -2.12. The minimum atomic E-state index is 1.10. The van der Waals surface area contributed by atoms with Crippen LogP contribution in [0.2, 0.25) is 0 Å². The van der Waals surface area contributed by atoms with Crippen molar-refractivity contribution < 1.29 is 0 Å². The van der Waals surface area contributed by atoms with Crippen molar-refractivity contribution in [3.8, 4) is 44.5 Å². The van der Waals surface area contributed by atoms with E-state index in [0.717, 1.165) is 64.2 Å². The molecule has 0 spiro atoms. The zero-order valence-electron chi connectivity index (χ0n) is 52.7. The summed E-state index contributed by atoms with van der Waals surface area (Å²) in [7, 11) is 0. The zero-order valence-corrected chi connectivity index (χ0v) is 53.5. The van der Waals surface area contributed by atoms with Crippen molar-refractivity contribution in [3.63, 3.8) is 0 Å². The molecule has 0 aliphatic heterocycles. The van der Waals surface area contributed by atoms with Crippen LogP contribution in [0.5, 0.6) is 0 Å². The number of benzene rings is 8. The molecule has 0 aliphatic carbocycles. The Bertz CT molecular complexity index is 3050. The molecule has 0 fully saturated rings. The summed E-state index contributed by atoms with van der Waals surface area (Å²) in [6.07, 6.45) is 33.8. The third-order valence-electron chi connectivity index (χ3n) is 18.0. The average Bonchev–Trinajstić information content (AvgIpc) is 4.07. The SMILES string of the molecule is CCCCCc1ccc(-c2ccc(CCCc3sc(CCCc4ccc(-c5ccc(CCCCC)cc5)cc4)c(CCCc4ccc(-c5ccc(CCCCC)cc5)cc4)c3CCCc3ccc(-c4ccc(CCCCC)cc4)cc3)cc2)cc1. The molecule has 1 heterocycles. The molecule has 85 heavy (non-hydrogen) atoms. The standard InChI is InChI=1S/C84H100S/c1-5-9-13-21-65-33-49-73(50-34-65)77-57-41-69(42-58-77)25-17-29-81-82(30-18-26-70-43-59-78(60-44-70)74-51-35-66(36-52-74)22-14-10-6-2)84(32-20-28-72-47-63-80(64-48-72)76-55-39-68(40-56-76)24-16-12-8-4)85-83(81)31-19-27-71-45-61-79(62-46-71)75-53-37-67(38-54-75)23-15-11-7-3/h33-64H,5-32H2,1-4H3. The number of aryl methyl sites for hydroxylation is 10. The Morgan fingerprint density at radius 2 is 0.341 bits per heavy atom. The van der Waals surface area contributed by atoms with Gasteiger partial charge in [0, 0.05) is 9.75 Å². The fourth-order valence-electron chi connectivity index (χ4n) is 12.7. The topological polar surface area (TPSA) is 0 Å². The highest BCUT2D eigenvalue weighted by Crippen LogP contribution is 2.36. The lowest BCUT2D eigenvalue weighted by molar-refractivity contribution is 0.717. The molecule has 0 amide bonds. The largest absolute Gasteiger partial charge is 0.145 e. The highest BCUT2D eigenvalue weighted by atomic mass is 32.1. The Kier molecular flexibility index (Phi) is 25.6. The average molecular weight is 1140 g/mol. The quantitative estimate of drug-likeness (QED) is 0.0343. The maximum absolute atomic E-state index is 2.40. The van der Waals surface area contributed by atoms with E-state index in [4.69, 9.17) is 0 Å². The molecule has 442 valence electrons. The second kappa shape index (κ2) is 34.6. The van der Waals surface area contributed by atoms with Crippen LogP contribution in [0.1, 0.15) is 196 Å². The highest BCUT2D eigenvalue weighted by Gasteiger charge is 2.19. The van der Waals surface area contributed by atoms with Crippen LogP contribution in [0, 0.1) is 0 Å². The van der Waals surface area contributed by atoms with Crippen molar-refractivity contribution in [2.45, 2.75) is 207 Å². The number of hydrogen-bond donors (Lipinski definition) is 0. The Morgan fingerprint density at radius 1 is 0.176 bits per heavy atom. The van der Waals surface area contributed by atoms with Crippen LogP contribution in [0.4, 0.5) is 0 Å². The number of unbranched alkanes of at least 4 members (excludes halogenated alkanes) is 8. The van der Waals surface area contributed by atoms with Gasteiger partial charge in [-0.25, -0.2) is 0 Å². The minimum Gasteiger partial charge on any atom is -0.145 e. The summed E-state index contributed by atoms with van der Waals surface area (Å²) in [5, 5.41) is 0. The van der Waals surface area contributed by atoms with E-state index in [9.17, 15) is 0 Å². The smallest absolute Gasteiger partial charge is 0.00831 e. The lowest BCUT2D eigenvalue weighted by atomic mass is 9.92. The number of rotatable bonds is 36. The van der Waals surface area contributed by atoms with Crippen LogP contribution < -0.4 is 0 Å². The number of hydrogen-bond acceptors (Lipinski definition) is 1. The Hall–Kier alpha value is -6.54. The minimum absolute atomic E-state index is 1.10. The Morgan fingerprint density at radius 3 is 0.518 bits per heavy atom. The van der Waals surface area contributed by atoms with Crippen molar-refractivity contribution in [3.05, 3.63) is 260 Å². The van der Waals surface area contributed by atoms with Crippen LogP contribution in [0.3, 0.4) is 0 Å². The molecular formula is C84H100S. The van der Waals surface area contributed by atoms with Gasteiger partial charge in [-0.1, -0.05) is 273 Å². The van der Waals surface area contributed by atoms with E-state index in [-0.39, 0.29) is 0 Å². The molecule has 8 aromatic carbocycles. The van der Waals surface area contributed by atoms with E-state index in [1.165, 1.54) is 205 Å². The van der Waals surface area contributed by atoms with Gasteiger partial charge in [-0.15, -0.1) is 11.3 Å². The van der Waals surface area contributed by atoms with Gasteiger partial charge in [0.1, 0.15) is 0 Å². The summed E-state index contributed by atoms with van der Waals surface area (Å²) in [5.74, 6) is 0. The molecule has 0 aliphatic rings. The molecule has 0 saturated carbocycles. The molecule has 1 aromatic heterocycles. The van der Waals surface area contributed by atoms with E-state index in [1.54, 1.807) is 20.9 Å². The predicted molar refractivity (Wildman–Crippen MR) is 373 cm³/mol. The van der Waals surface area contributed by atoms with Gasteiger partial charge in [-0.2, -0.15) is 0 Å². The lowest BCUT2D eigenvalue weighted by Crippen LogP contribution is -2.01. The zero-order chi connectivity index (χ0) is 58.7. The normalized spacial score (nSPS) is 11.4. The molecule has 0 bridgehead atoms. The summed E-state index contributed by atoms with van der Waals surface area (Å²) in [6, 6.07) is 75.3. The van der Waals surface area contributed by atoms with Crippen LogP contribution in [0.15, 0.2) is 194 Å². The first-order valence-corrected chi connectivity index (χ1v) is 34.6. The summed E-state index contributed by atoms with van der Waals surface area (Å²) in [5.41, 5.74) is 25.5. The monoisotopic (exact) mass is 1140 g/mol. The van der Waals surface area contributed by atoms with Crippen molar-refractivity contribution >= 4 is 11.3 Å². The maximum Gasteiger partial charge on any atom is 0.00831 e. The van der Waals surface area contributed by atoms with E-state index in [2.05, 4.69) is 233 Å². The van der Waals surface area contributed by atoms with E-state index in [0.29, 0.717) is 0 Å². The molecule has 0 saturated heterocycles. The summed E-state index contributed by atoms with van der Waals surface area (Å²) in [6.45, 7) is 9.14. The fraction of sp³-hybridized carbons (Fsp3) is 0.381. The van der Waals surface area contributed by atoms with Gasteiger partial charge in [0.15, 0.2) is 0 Å². The van der Waals surface area contributed by atoms with Crippen LogP contribution >= 0.6 is 11.3 Å². The molecule has 9 rings (SSSR count).